The van der Waals surface area contributed by atoms with E-state index in [1.54, 1.807) is 6.08 Å². The summed E-state index contributed by atoms with van der Waals surface area (Å²) in [6.45, 7) is 0. The predicted molar refractivity (Wildman–Crippen MR) is 79.1 cm³/mol. The van der Waals surface area contributed by atoms with Gasteiger partial charge in [-0.05, 0) is 52.4 Å². The van der Waals surface area contributed by atoms with Crippen LogP contribution in [0, 0.1) is 0 Å². The first-order chi connectivity index (χ1) is 9.13. The van der Waals surface area contributed by atoms with Crippen LogP contribution in [0.4, 0.5) is 0 Å². The molecule has 0 spiro atoms. The van der Waals surface area contributed by atoms with Crippen molar-refractivity contribution in [3.05, 3.63) is 63.6 Å². The van der Waals surface area contributed by atoms with E-state index in [0.717, 1.165) is 16.5 Å². The van der Waals surface area contributed by atoms with E-state index in [1.165, 1.54) is 28.3 Å². The summed E-state index contributed by atoms with van der Waals surface area (Å²) in [5, 5.41) is 8.65. The number of hydrogen-bond donors (Lipinski definition) is 1. The normalized spacial score (nSPS) is 12.5. The van der Waals surface area contributed by atoms with Gasteiger partial charge in [0.1, 0.15) is 0 Å². The maximum atomic E-state index is 10.5. The molecule has 0 saturated heterocycles. The third kappa shape index (κ3) is 2.34. The lowest BCUT2D eigenvalue weighted by atomic mass is 10.0. The van der Waals surface area contributed by atoms with E-state index in [2.05, 4.69) is 40.2 Å². The molecule has 0 unspecified atom stereocenters. The van der Waals surface area contributed by atoms with Crippen LogP contribution in [0.2, 0.25) is 0 Å². The van der Waals surface area contributed by atoms with Crippen molar-refractivity contribution in [1.29, 1.82) is 0 Å². The van der Waals surface area contributed by atoms with Gasteiger partial charge < -0.3 is 5.11 Å². The van der Waals surface area contributed by atoms with Crippen LogP contribution in [0.25, 0.3) is 17.2 Å². The van der Waals surface area contributed by atoms with Gasteiger partial charge in [0.05, 0.1) is 0 Å². The van der Waals surface area contributed by atoms with E-state index in [4.69, 9.17) is 5.11 Å². The summed E-state index contributed by atoms with van der Waals surface area (Å²) < 4.78 is 1.09. The lowest BCUT2D eigenvalue weighted by Crippen LogP contribution is -1.86. The number of hydrogen-bond acceptors (Lipinski definition) is 1. The van der Waals surface area contributed by atoms with E-state index in [0.29, 0.717) is 0 Å². The molecule has 1 aliphatic carbocycles. The molecule has 0 bridgehead atoms. The second-order valence-corrected chi connectivity index (χ2v) is 5.48. The third-order valence-corrected chi connectivity index (χ3v) is 3.78. The minimum absolute atomic E-state index is 0.902. The van der Waals surface area contributed by atoms with Crippen molar-refractivity contribution < 1.29 is 9.90 Å². The number of benzene rings is 2. The average molecular weight is 315 g/mol. The molecule has 2 aromatic rings. The summed E-state index contributed by atoms with van der Waals surface area (Å²) in [7, 11) is 0. The summed E-state index contributed by atoms with van der Waals surface area (Å²) in [5.74, 6) is -0.923. The molecule has 2 nitrogen and oxygen atoms in total. The van der Waals surface area contributed by atoms with Crippen LogP contribution in [0.5, 0.6) is 0 Å². The molecule has 0 atom stereocenters. The quantitative estimate of drug-likeness (QED) is 0.722. The smallest absolute Gasteiger partial charge is 0.328 e. The first-order valence-electron chi connectivity index (χ1n) is 5.96. The number of halogens is 1. The number of carbonyl (C=O) groups is 1. The Hall–Kier alpha value is -1.87. The molecule has 2 aromatic carbocycles. The fourth-order valence-electron chi connectivity index (χ4n) is 2.47. The average Bonchev–Trinajstić information content (AvgIpc) is 2.72. The molecule has 0 aromatic heterocycles. The van der Waals surface area contributed by atoms with Crippen molar-refractivity contribution in [3.8, 4) is 11.1 Å². The second-order valence-electron chi connectivity index (χ2n) is 4.57. The molecule has 1 aliphatic rings. The highest BCUT2D eigenvalue weighted by Crippen LogP contribution is 2.38. The van der Waals surface area contributed by atoms with E-state index in [-0.39, 0.29) is 0 Å². The van der Waals surface area contributed by atoms with Gasteiger partial charge in [-0.1, -0.05) is 40.2 Å². The Morgan fingerprint density at radius 3 is 2.53 bits per heavy atom. The molecule has 0 heterocycles. The summed E-state index contributed by atoms with van der Waals surface area (Å²) in [6.07, 6.45) is 3.70. The molecule has 0 saturated carbocycles. The van der Waals surface area contributed by atoms with Gasteiger partial charge in [0, 0.05) is 10.5 Å². The molecule has 0 fully saturated rings. The van der Waals surface area contributed by atoms with Crippen LogP contribution in [0.15, 0.2) is 46.9 Å². The highest BCUT2D eigenvalue weighted by molar-refractivity contribution is 9.10. The number of fused-ring (bicyclic) bond motifs is 3. The molecule has 3 rings (SSSR count). The number of carboxylic acid groups (broad SMARTS) is 1. The van der Waals surface area contributed by atoms with E-state index < -0.39 is 5.97 Å². The van der Waals surface area contributed by atoms with Crippen molar-refractivity contribution in [2.75, 3.05) is 0 Å². The molecule has 19 heavy (non-hydrogen) atoms. The Morgan fingerprint density at radius 1 is 1.11 bits per heavy atom. The van der Waals surface area contributed by atoms with Gasteiger partial charge in [-0.2, -0.15) is 0 Å². The highest BCUT2D eigenvalue weighted by Gasteiger charge is 2.18. The van der Waals surface area contributed by atoms with Crippen molar-refractivity contribution in [2.24, 2.45) is 0 Å². The largest absolute Gasteiger partial charge is 0.478 e. The highest BCUT2D eigenvalue weighted by atomic mass is 79.9. The van der Waals surface area contributed by atoms with Gasteiger partial charge >= 0.3 is 5.97 Å². The van der Waals surface area contributed by atoms with Gasteiger partial charge in [-0.25, -0.2) is 4.79 Å². The molecular weight excluding hydrogens is 304 g/mol. The maximum Gasteiger partial charge on any atom is 0.328 e. The van der Waals surface area contributed by atoms with Crippen LogP contribution >= 0.6 is 15.9 Å². The Morgan fingerprint density at radius 2 is 1.79 bits per heavy atom. The van der Waals surface area contributed by atoms with Gasteiger partial charge in [-0.15, -0.1) is 0 Å². The summed E-state index contributed by atoms with van der Waals surface area (Å²) in [5.41, 5.74) is 6.00. The molecular formula is C16H11BrO2. The monoisotopic (exact) mass is 314 g/mol. The van der Waals surface area contributed by atoms with E-state index in [9.17, 15) is 4.79 Å². The number of rotatable bonds is 2. The molecule has 0 radical (unpaired) electrons. The SMILES string of the molecule is O=C(O)C=Cc1ccc2c(c1)Cc1cc(Br)ccc1-2. The third-order valence-electron chi connectivity index (χ3n) is 3.29. The van der Waals surface area contributed by atoms with Gasteiger partial charge in [0.15, 0.2) is 0 Å². The molecule has 0 amide bonds. The zero-order valence-corrected chi connectivity index (χ0v) is 11.6. The lowest BCUT2D eigenvalue weighted by Gasteiger charge is -2.02. The molecule has 3 heteroatoms. The molecule has 94 valence electrons. The minimum Gasteiger partial charge on any atom is -0.478 e. The zero-order chi connectivity index (χ0) is 13.4. The van der Waals surface area contributed by atoms with Crippen molar-refractivity contribution in [1.82, 2.24) is 0 Å². The Balaban J connectivity index is 2.00. The maximum absolute atomic E-state index is 10.5. The number of carboxylic acids is 1. The lowest BCUT2D eigenvalue weighted by molar-refractivity contribution is -0.131. The Labute approximate surface area is 119 Å². The van der Waals surface area contributed by atoms with Crippen molar-refractivity contribution in [2.45, 2.75) is 6.42 Å². The van der Waals surface area contributed by atoms with Crippen molar-refractivity contribution >= 4 is 28.0 Å². The Bertz CT molecular complexity index is 702. The molecule has 1 N–H and O–H groups in total. The van der Waals surface area contributed by atoms with Gasteiger partial charge in [-0.3, -0.25) is 0 Å². The second kappa shape index (κ2) is 4.67. The first-order valence-corrected chi connectivity index (χ1v) is 6.75. The van der Waals surface area contributed by atoms with Gasteiger partial charge in [0.25, 0.3) is 0 Å². The fourth-order valence-corrected chi connectivity index (χ4v) is 2.88. The van der Waals surface area contributed by atoms with Crippen LogP contribution in [0.1, 0.15) is 16.7 Å². The topological polar surface area (TPSA) is 37.3 Å². The minimum atomic E-state index is -0.923. The predicted octanol–water partition coefficient (Wildman–Crippen LogP) is 4.12. The molecule has 0 aliphatic heterocycles. The summed E-state index contributed by atoms with van der Waals surface area (Å²) >= 11 is 3.49. The zero-order valence-electron chi connectivity index (χ0n) is 10.1. The summed E-state index contributed by atoms with van der Waals surface area (Å²) in [6, 6.07) is 12.4. The van der Waals surface area contributed by atoms with E-state index in [1.807, 2.05) is 12.1 Å². The van der Waals surface area contributed by atoms with Gasteiger partial charge in [0.2, 0.25) is 0 Å². The van der Waals surface area contributed by atoms with Crippen LogP contribution in [-0.2, 0) is 11.2 Å². The van der Waals surface area contributed by atoms with Crippen LogP contribution in [-0.4, -0.2) is 11.1 Å². The first kappa shape index (κ1) is 12.2. The van der Waals surface area contributed by atoms with Crippen LogP contribution in [0.3, 0.4) is 0 Å². The van der Waals surface area contributed by atoms with E-state index >= 15 is 0 Å². The van der Waals surface area contributed by atoms with Crippen molar-refractivity contribution in [3.63, 3.8) is 0 Å². The summed E-state index contributed by atoms with van der Waals surface area (Å²) in [4.78, 5) is 10.5. The standard InChI is InChI=1S/C16H11BrO2/c17-13-3-5-15-12(9-13)8-11-7-10(1-4-14(11)15)2-6-16(18)19/h1-7,9H,8H2,(H,18,19). The Kier molecular flexibility index (Phi) is 2.99. The fraction of sp³-hybridized carbons (Fsp3) is 0.0625. The van der Waals surface area contributed by atoms with Crippen LogP contribution < -0.4 is 0 Å². The number of aliphatic carboxylic acids is 1.